The fourth-order valence-electron chi connectivity index (χ4n) is 5.37. The molecule has 4 aromatic rings. The maximum atomic E-state index is 12.8. The number of carbonyl (C=O) groups is 2. The molecule has 0 radical (unpaired) electrons. The number of nitrogens with one attached hydrogen (secondary N) is 2. The summed E-state index contributed by atoms with van der Waals surface area (Å²) in [6.45, 7) is 0.377. The molecular weight excluding hydrogens is 567 g/mol. The van der Waals surface area contributed by atoms with Crippen LogP contribution in [-0.2, 0) is 15.1 Å². The molecule has 222 valence electrons. The van der Waals surface area contributed by atoms with Crippen molar-refractivity contribution in [3.63, 3.8) is 0 Å². The van der Waals surface area contributed by atoms with Crippen molar-refractivity contribution in [1.82, 2.24) is 34.6 Å². The molecule has 0 bridgehead atoms. The van der Waals surface area contributed by atoms with Crippen molar-refractivity contribution in [1.29, 1.82) is 5.26 Å². The van der Waals surface area contributed by atoms with Crippen LogP contribution in [0.2, 0.25) is 0 Å². The van der Waals surface area contributed by atoms with Crippen LogP contribution in [0.3, 0.4) is 0 Å². The van der Waals surface area contributed by atoms with Crippen LogP contribution in [0.5, 0.6) is 0 Å². The second-order valence-electron chi connectivity index (χ2n) is 10.6. The quantitative estimate of drug-likeness (QED) is 0.334. The number of fused-ring (bicyclic) bond motifs is 1. The Balaban J connectivity index is 1.18. The summed E-state index contributed by atoms with van der Waals surface area (Å²) in [5, 5.41) is 22.8. The molecule has 0 saturated carbocycles. The maximum Gasteiger partial charge on any atom is 0.405 e. The highest BCUT2D eigenvalue weighted by Crippen LogP contribution is 2.35. The lowest BCUT2D eigenvalue weighted by Crippen LogP contribution is -2.65. The third-order valence-corrected chi connectivity index (χ3v) is 7.60. The van der Waals surface area contributed by atoms with E-state index in [1.807, 2.05) is 12.3 Å². The molecule has 1 atom stereocenters. The monoisotopic (exact) mass is 593 g/mol. The lowest BCUT2D eigenvalue weighted by Gasteiger charge is -2.49. The van der Waals surface area contributed by atoms with E-state index in [4.69, 9.17) is 4.74 Å². The van der Waals surface area contributed by atoms with Crippen LogP contribution in [0.25, 0.3) is 28.0 Å². The van der Waals surface area contributed by atoms with E-state index in [0.29, 0.717) is 55.3 Å². The molecule has 2 aliphatic heterocycles. The van der Waals surface area contributed by atoms with Gasteiger partial charge in [-0.05, 0) is 24.6 Å². The van der Waals surface area contributed by atoms with Gasteiger partial charge in [0.15, 0.2) is 5.65 Å². The molecule has 1 aromatic carbocycles. The van der Waals surface area contributed by atoms with Gasteiger partial charge in [-0.25, -0.2) is 14.3 Å². The largest absolute Gasteiger partial charge is 0.405 e. The van der Waals surface area contributed by atoms with Crippen LogP contribution in [0.4, 0.5) is 23.7 Å². The molecule has 2 fully saturated rings. The number of aromatic nitrogens is 5. The third-order valence-electron chi connectivity index (χ3n) is 7.60. The van der Waals surface area contributed by atoms with Gasteiger partial charge in [0.25, 0.3) is 0 Å². The Hall–Kier alpha value is -4.97. The van der Waals surface area contributed by atoms with Crippen molar-refractivity contribution in [3.8, 4) is 28.5 Å². The first kappa shape index (κ1) is 28.2. The first-order valence-electron chi connectivity index (χ1n) is 13.5. The van der Waals surface area contributed by atoms with Gasteiger partial charge in [-0.1, -0.05) is 12.1 Å². The van der Waals surface area contributed by atoms with Gasteiger partial charge in [0.05, 0.1) is 49.3 Å². The number of halogens is 3. The molecule has 3 aromatic heterocycles. The summed E-state index contributed by atoms with van der Waals surface area (Å²) in [6.07, 6.45) is 3.19. The van der Waals surface area contributed by atoms with Crippen molar-refractivity contribution < 1.29 is 27.5 Å². The Morgan fingerprint density at radius 1 is 1.12 bits per heavy atom. The van der Waals surface area contributed by atoms with E-state index in [9.17, 15) is 28.0 Å². The molecule has 3 amide bonds. The summed E-state index contributed by atoms with van der Waals surface area (Å²) in [7, 11) is 0. The fourth-order valence-corrected chi connectivity index (χ4v) is 5.37. The zero-order chi connectivity index (χ0) is 30.2. The highest BCUT2D eigenvalue weighted by Gasteiger charge is 2.49. The minimum atomic E-state index is -4.51. The molecule has 2 saturated heterocycles. The zero-order valence-electron chi connectivity index (χ0n) is 22.7. The van der Waals surface area contributed by atoms with Gasteiger partial charge in [-0.15, -0.1) is 0 Å². The van der Waals surface area contributed by atoms with Crippen molar-refractivity contribution >= 4 is 23.3 Å². The van der Waals surface area contributed by atoms with Crippen LogP contribution in [0, 0.1) is 17.2 Å². The number of anilines is 1. The summed E-state index contributed by atoms with van der Waals surface area (Å²) < 4.78 is 45.9. The molecule has 12 nitrogen and oxygen atoms in total. The van der Waals surface area contributed by atoms with E-state index in [-0.39, 0.29) is 18.2 Å². The Morgan fingerprint density at radius 2 is 1.93 bits per heavy atom. The van der Waals surface area contributed by atoms with Crippen LogP contribution < -0.4 is 10.6 Å². The number of urea groups is 1. The predicted octanol–water partition coefficient (Wildman–Crippen LogP) is 3.43. The number of rotatable bonds is 7. The van der Waals surface area contributed by atoms with Crippen molar-refractivity contribution in [2.45, 2.75) is 24.6 Å². The second kappa shape index (κ2) is 11.0. The van der Waals surface area contributed by atoms with Gasteiger partial charge in [0, 0.05) is 48.3 Å². The van der Waals surface area contributed by atoms with E-state index in [1.54, 1.807) is 62.3 Å². The summed E-state index contributed by atoms with van der Waals surface area (Å²) in [6, 6.07) is 9.68. The van der Waals surface area contributed by atoms with Crippen LogP contribution in [0.15, 0.2) is 55.1 Å². The van der Waals surface area contributed by atoms with Crippen LogP contribution in [-0.4, -0.2) is 80.2 Å². The number of hydrogen-bond donors (Lipinski definition) is 2. The van der Waals surface area contributed by atoms with Gasteiger partial charge in [-0.3, -0.25) is 9.48 Å². The van der Waals surface area contributed by atoms with Crippen molar-refractivity contribution in [2.24, 2.45) is 5.92 Å². The Bertz CT molecular complexity index is 1710. The number of carbonyl (C=O) groups excluding carboxylic acids is 2. The van der Waals surface area contributed by atoms with Gasteiger partial charge < -0.3 is 20.3 Å². The zero-order valence-corrected chi connectivity index (χ0v) is 22.7. The first-order valence-corrected chi connectivity index (χ1v) is 13.5. The number of alkyl halides is 3. The molecule has 6 rings (SSSR count). The van der Waals surface area contributed by atoms with Crippen molar-refractivity contribution in [2.75, 3.05) is 38.2 Å². The first-order chi connectivity index (χ1) is 20.6. The smallest absolute Gasteiger partial charge is 0.381 e. The molecule has 5 heterocycles. The topological polar surface area (TPSA) is 142 Å². The second-order valence-corrected chi connectivity index (χ2v) is 10.6. The minimum absolute atomic E-state index is 0.0502. The van der Waals surface area contributed by atoms with E-state index in [0.717, 1.165) is 11.1 Å². The number of nitrogens with zero attached hydrogens (tertiary/aromatic N) is 7. The number of hydrogen-bond acceptors (Lipinski definition) is 7. The number of ether oxygens (including phenoxy) is 1. The van der Waals surface area contributed by atoms with E-state index in [2.05, 4.69) is 26.6 Å². The SMILES string of the molecule is N#CCC1(n2cc(-c3cnn4c(-c5cccc(NC(=O)NCC(F)(F)F)c5)cnc4c3)cn2)CN(C(=O)C2CCOC2)C1. The molecule has 1 unspecified atom stereocenters. The number of amides is 3. The Morgan fingerprint density at radius 3 is 2.67 bits per heavy atom. The van der Waals surface area contributed by atoms with E-state index in [1.165, 1.54) is 0 Å². The lowest BCUT2D eigenvalue weighted by atomic mass is 9.85. The third kappa shape index (κ3) is 5.73. The summed E-state index contributed by atoms with van der Waals surface area (Å²) >= 11 is 0. The van der Waals surface area contributed by atoms with Gasteiger partial charge in [0.1, 0.15) is 12.1 Å². The molecule has 0 spiro atoms. The highest BCUT2D eigenvalue weighted by atomic mass is 19.4. The number of nitriles is 1. The van der Waals surface area contributed by atoms with E-state index >= 15 is 0 Å². The number of benzene rings is 1. The normalized spacial score (nSPS) is 17.8. The number of imidazole rings is 1. The Labute approximate surface area is 243 Å². The molecule has 2 aliphatic rings. The number of likely N-dealkylation sites (tertiary alicyclic amines) is 1. The molecule has 2 N–H and O–H groups in total. The Kier molecular flexibility index (Phi) is 7.22. The van der Waals surface area contributed by atoms with Crippen LogP contribution in [0.1, 0.15) is 12.8 Å². The summed E-state index contributed by atoms with van der Waals surface area (Å²) in [5.74, 6) is -0.0822. The standard InChI is InChI=1S/C28H26F3N9O3/c29-28(30,31)15-34-26(42)37-22-3-1-2-18(8-22)23-12-33-24-9-20(10-36-40(23)24)21-11-35-39(13-21)27(5-6-32)16-38(17-27)25(41)19-4-7-43-14-19/h1-3,8-13,19H,4-5,7,14-17H2,(H2,34,37,42). The average Bonchev–Trinajstić information content (AvgIpc) is 3.74. The summed E-state index contributed by atoms with van der Waals surface area (Å²) in [4.78, 5) is 30.9. The average molecular weight is 594 g/mol. The van der Waals surface area contributed by atoms with Crippen LogP contribution >= 0.6 is 0 Å². The van der Waals surface area contributed by atoms with Gasteiger partial charge in [0.2, 0.25) is 5.91 Å². The lowest BCUT2D eigenvalue weighted by molar-refractivity contribution is -0.147. The van der Waals surface area contributed by atoms with Gasteiger partial charge in [-0.2, -0.15) is 28.6 Å². The van der Waals surface area contributed by atoms with E-state index < -0.39 is 24.3 Å². The summed E-state index contributed by atoms with van der Waals surface area (Å²) in [5.41, 5.74) is 2.99. The van der Waals surface area contributed by atoms with Crippen molar-refractivity contribution in [3.05, 3.63) is 55.1 Å². The maximum absolute atomic E-state index is 12.8. The molecular formula is C28H26F3N9O3. The molecule has 0 aliphatic carbocycles. The fraction of sp³-hybridized carbons (Fsp3) is 0.357. The molecule has 15 heteroatoms. The van der Waals surface area contributed by atoms with Gasteiger partial charge >= 0.3 is 12.2 Å². The predicted molar refractivity (Wildman–Crippen MR) is 146 cm³/mol. The minimum Gasteiger partial charge on any atom is -0.381 e. The highest BCUT2D eigenvalue weighted by molar-refractivity contribution is 5.90. The molecule has 43 heavy (non-hydrogen) atoms.